The fourth-order valence-corrected chi connectivity index (χ4v) is 2.69. The molecular weight excluding hydrogens is 308 g/mol. The molecule has 0 saturated heterocycles. The van der Waals surface area contributed by atoms with Crippen LogP contribution in [0.2, 0.25) is 0 Å². The molecule has 0 aliphatic carbocycles. The van der Waals surface area contributed by atoms with E-state index in [1.54, 1.807) is 6.92 Å². The van der Waals surface area contributed by atoms with Crippen molar-refractivity contribution in [2.75, 3.05) is 6.79 Å². The number of oxazole rings is 1. The Morgan fingerprint density at radius 1 is 1.12 bits per heavy atom. The number of carbonyl (C=O) groups is 1. The minimum absolute atomic E-state index is 0.0525. The van der Waals surface area contributed by atoms with Crippen LogP contribution in [0.15, 0.2) is 40.8 Å². The van der Waals surface area contributed by atoms with E-state index < -0.39 is 0 Å². The number of carbonyl (C=O) groups excluding carboxylic acids is 1. The molecule has 3 aromatic rings. The van der Waals surface area contributed by atoms with Gasteiger partial charge >= 0.3 is 0 Å². The van der Waals surface area contributed by atoms with Crippen LogP contribution in [0.4, 0.5) is 0 Å². The van der Waals surface area contributed by atoms with Crippen molar-refractivity contribution >= 4 is 17.0 Å². The lowest BCUT2D eigenvalue weighted by Gasteiger charge is -2.06. The van der Waals surface area contributed by atoms with Gasteiger partial charge in [-0.2, -0.15) is 0 Å². The van der Waals surface area contributed by atoms with Gasteiger partial charge in [-0.3, -0.25) is 4.79 Å². The average molecular weight is 324 g/mol. The summed E-state index contributed by atoms with van der Waals surface area (Å²) in [5, 5.41) is 2.91. The zero-order chi connectivity index (χ0) is 16.5. The van der Waals surface area contributed by atoms with Crippen LogP contribution in [-0.4, -0.2) is 17.7 Å². The lowest BCUT2D eigenvalue weighted by atomic mass is 10.1. The van der Waals surface area contributed by atoms with E-state index in [4.69, 9.17) is 13.9 Å². The summed E-state index contributed by atoms with van der Waals surface area (Å²) in [6.07, 6.45) is 0.292. The lowest BCUT2D eigenvalue weighted by molar-refractivity contribution is -0.120. The SMILES string of the molecule is Cc1nc2ccc(CC(=O)NCc3ccc4c(c3)OCO4)cc2o1. The molecule has 6 nitrogen and oxygen atoms in total. The van der Waals surface area contributed by atoms with Crippen molar-refractivity contribution in [2.24, 2.45) is 0 Å². The fourth-order valence-electron chi connectivity index (χ4n) is 2.69. The molecule has 1 aliphatic heterocycles. The Kier molecular flexibility index (Phi) is 3.57. The summed E-state index contributed by atoms with van der Waals surface area (Å²) in [6.45, 7) is 2.49. The standard InChI is InChI=1S/C18H16N2O4/c1-11-20-14-4-2-12(6-16(14)24-11)8-18(21)19-9-13-3-5-15-17(7-13)23-10-22-15/h2-7H,8-10H2,1H3,(H,19,21). The molecule has 1 N–H and O–H groups in total. The number of hydrogen-bond acceptors (Lipinski definition) is 5. The van der Waals surface area contributed by atoms with Crippen molar-refractivity contribution in [3.05, 3.63) is 53.4 Å². The Labute approximate surface area is 138 Å². The van der Waals surface area contributed by atoms with E-state index >= 15 is 0 Å². The number of fused-ring (bicyclic) bond motifs is 2. The van der Waals surface area contributed by atoms with Crippen LogP contribution in [0.3, 0.4) is 0 Å². The highest BCUT2D eigenvalue weighted by Crippen LogP contribution is 2.32. The molecule has 0 saturated carbocycles. The van der Waals surface area contributed by atoms with Gasteiger partial charge in [0, 0.05) is 13.5 Å². The second-order valence-electron chi connectivity index (χ2n) is 5.68. The Bertz CT molecular complexity index is 917. The molecule has 1 aromatic heterocycles. The molecule has 0 unspecified atom stereocenters. The Balaban J connectivity index is 1.38. The molecule has 2 heterocycles. The maximum atomic E-state index is 12.1. The van der Waals surface area contributed by atoms with Crippen molar-refractivity contribution in [1.82, 2.24) is 10.3 Å². The monoisotopic (exact) mass is 324 g/mol. The van der Waals surface area contributed by atoms with Crippen molar-refractivity contribution in [2.45, 2.75) is 19.9 Å². The van der Waals surface area contributed by atoms with Gasteiger partial charge in [0.05, 0.1) is 6.42 Å². The normalized spacial score (nSPS) is 12.5. The van der Waals surface area contributed by atoms with E-state index in [0.29, 0.717) is 30.2 Å². The third-order valence-corrected chi connectivity index (χ3v) is 3.85. The molecule has 0 radical (unpaired) electrons. The molecule has 122 valence electrons. The molecule has 6 heteroatoms. The Hall–Kier alpha value is -3.02. The third-order valence-electron chi connectivity index (χ3n) is 3.85. The van der Waals surface area contributed by atoms with Crippen LogP contribution >= 0.6 is 0 Å². The highest BCUT2D eigenvalue weighted by Gasteiger charge is 2.13. The Morgan fingerprint density at radius 3 is 2.88 bits per heavy atom. The van der Waals surface area contributed by atoms with E-state index in [1.807, 2.05) is 36.4 Å². The second-order valence-corrected chi connectivity index (χ2v) is 5.68. The topological polar surface area (TPSA) is 73.6 Å². The molecule has 2 aromatic carbocycles. The summed E-state index contributed by atoms with van der Waals surface area (Å²) in [5.74, 6) is 2.02. The van der Waals surface area contributed by atoms with Gasteiger partial charge in [0.15, 0.2) is 23.0 Å². The van der Waals surface area contributed by atoms with E-state index in [0.717, 1.165) is 22.4 Å². The second kappa shape index (κ2) is 5.88. The maximum Gasteiger partial charge on any atom is 0.231 e. The number of ether oxygens (including phenoxy) is 2. The van der Waals surface area contributed by atoms with Crippen molar-refractivity contribution in [1.29, 1.82) is 0 Å². The number of benzene rings is 2. The van der Waals surface area contributed by atoms with Gasteiger partial charge in [-0.25, -0.2) is 4.98 Å². The molecule has 1 amide bonds. The zero-order valence-corrected chi connectivity index (χ0v) is 13.2. The summed E-state index contributed by atoms with van der Waals surface area (Å²) >= 11 is 0. The van der Waals surface area contributed by atoms with Gasteiger partial charge in [0.2, 0.25) is 12.7 Å². The first-order valence-electron chi connectivity index (χ1n) is 7.69. The fraction of sp³-hybridized carbons (Fsp3) is 0.222. The van der Waals surface area contributed by atoms with Crippen LogP contribution in [-0.2, 0) is 17.8 Å². The molecule has 4 rings (SSSR count). The van der Waals surface area contributed by atoms with Gasteiger partial charge in [-0.15, -0.1) is 0 Å². The zero-order valence-electron chi connectivity index (χ0n) is 13.2. The van der Waals surface area contributed by atoms with Crippen molar-refractivity contribution in [3.63, 3.8) is 0 Å². The summed E-state index contributed by atoms with van der Waals surface area (Å²) in [6, 6.07) is 11.3. The number of nitrogens with zero attached hydrogens (tertiary/aromatic N) is 1. The number of amides is 1. The number of aromatic nitrogens is 1. The molecule has 0 bridgehead atoms. The van der Waals surface area contributed by atoms with Crippen molar-refractivity contribution in [3.8, 4) is 11.5 Å². The third kappa shape index (κ3) is 2.90. The Morgan fingerprint density at radius 2 is 1.96 bits per heavy atom. The smallest absolute Gasteiger partial charge is 0.231 e. The van der Waals surface area contributed by atoms with Crippen LogP contribution in [0.1, 0.15) is 17.0 Å². The van der Waals surface area contributed by atoms with Gasteiger partial charge in [-0.1, -0.05) is 12.1 Å². The molecular formula is C18H16N2O4. The molecule has 0 spiro atoms. The first kappa shape index (κ1) is 14.6. The van der Waals surface area contributed by atoms with Crippen molar-refractivity contribution < 1.29 is 18.7 Å². The van der Waals surface area contributed by atoms with E-state index in [9.17, 15) is 4.79 Å². The number of hydrogen-bond donors (Lipinski definition) is 1. The number of rotatable bonds is 4. The maximum absolute atomic E-state index is 12.1. The minimum Gasteiger partial charge on any atom is -0.454 e. The van der Waals surface area contributed by atoms with Gasteiger partial charge in [0.25, 0.3) is 0 Å². The molecule has 24 heavy (non-hydrogen) atoms. The molecule has 0 atom stereocenters. The van der Waals surface area contributed by atoms with Crippen LogP contribution < -0.4 is 14.8 Å². The largest absolute Gasteiger partial charge is 0.454 e. The van der Waals surface area contributed by atoms with Gasteiger partial charge in [0.1, 0.15) is 5.52 Å². The predicted octanol–water partition coefficient (Wildman–Crippen LogP) is 2.72. The average Bonchev–Trinajstić information content (AvgIpc) is 3.17. The minimum atomic E-state index is -0.0525. The quantitative estimate of drug-likeness (QED) is 0.799. The number of nitrogens with one attached hydrogen (secondary N) is 1. The first-order valence-corrected chi connectivity index (χ1v) is 7.69. The summed E-state index contributed by atoms with van der Waals surface area (Å²) in [4.78, 5) is 16.4. The highest BCUT2D eigenvalue weighted by atomic mass is 16.7. The summed E-state index contributed by atoms with van der Waals surface area (Å²) in [7, 11) is 0. The van der Waals surface area contributed by atoms with Gasteiger partial charge < -0.3 is 19.2 Å². The number of aryl methyl sites for hydroxylation is 1. The van der Waals surface area contributed by atoms with Crippen LogP contribution in [0.25, 0.3) is 11.1 Å². The highest BCUT2D eigenvalue weighted by molar-refractivity contribution is 5.81. The lowest BCUT2D eigenvalue weighted by Crippen LogP contribution is -2.24. The van der Waals surface area contributed by atoms with Crippen LogP contribution in [0, 0.1) is 6.92 Å². The summed E-state index contributed by atoms with van der Waals surface area (Å²) in [5.41, 5.74) is 3.36. The van der Waals surface area contributed by atoms with Gasteiger partial charge in [-0.05, 0) is 35.4 Å². The first-order chi connectivity index (χ1) is 11.7. The van der Waals surface area contributed by atoms with E-state index in [-0.39, 0.29) is 12.7 Å². The van der Waals surface area contributed by atoms with E-state index in [2.05, 4.69) is 10.3 Å². The van der Waals surface area contributed by atoms with E-state index in [1.165, 1.54) is 0 Å². The molecule has 1 aliphatic rings. The van der Waals surface area contributed by atoms with Crippen LogP contribution in [0.5, 0.6) is 11.5 Å². The summed E-state index contributed by atoms with van der Waals surface area (Å²) < 4.78 is 16.1. The molecule has 0 fully saturated rings. The predicted molar refractivity (Wildman–Crippen MR) is 86.9 cm³/mol.